The third kappa shape index (κ3) is 3.28. The average Bonchev–Trinajstić information content (AvgIpc) is 2.95. The summed E-state index contributed by atoms with van der Waals surface area (Å²) in [5.74, 6) is -0.881. The fourth-order valence-electron chi connectivity index (χ4n) is 2.46. The molecule has 25 heavy (non-hydrogen) atoms. The zero-order valence-electron chi connectivity index (χ0n) is 13.5. The summed E-state index contributed by atoms with van der Waals surface area (Å²) in [4.78, 5) is 16.5. The van der Waals surface area contributed by atoms with Crippen LogP contribution in [0.4, 0.5) is 0 Å². The molecule has 0 aliphatic heterocycles. The zero-order chi connectivity index (χ0) is 18.2. The maximum Gasteiger partial charge on any atom is 0.319 e. The maximum atomic E-state index is 11.5. The van der Waals surface area contributed by atoms with Gasteiger partial charge in [-0.15, -0.1) is 11.8 Å². The molecule has 3 aromatic rings. The Bertz CT molecular complexity index is 1020. The second-order valence-corrected chi connectivity index (χ2v) is 8.53. The summed E-state index contributed by atoms with van der Waals surface area (Å²) in [6.07, 6.45) is 5.25. The standard InChI is InChI=1S/C18H14BrN3O2S/c1-18(2,17(23)24)25-16-5-6-21-9-13(16)14-4-3-11(8-20)15-7-12(19)10-22(14)15/h3-7,9-10H,1-2H3,(H,23,24). The number of fused-ring (bicyclic) bond motifs is 1. The summed E-state index contributed by atoms with van der Waals surface area (Å²) in [6.45, 7) is 3.34. The highest BCUT2D eigenvalue weighted by atomic mass is 79.9. The summed E-state index contributed by atoms with van der Waals surface area (Å²) in [7, 11) is 0. The van der Waals surface area contributed by atoms with E-state index in [-0.39, 0.29) is 0 Å². The van der Waals surface area contributed by atoms with E-state index >= 15 is 0 Å². The SMILES string of the molecule is CC(C)(Sc1ccncc1-c1ccc(C#N)c2cc(Br)cn12)C(=O)O. The third-order valence-electron chi connectivity index (χ3n) is 3.79. The first-order chi connectivity index (χ1) is 11.8. The first-order valence-electron chi connectivity index (χ1n) is 7.41. The van der Waals surface area contributed by atoms with Crippen molar-refractivity contribution in [2.45, 2.75) is 23.5 Å². The van der Waals surface area contributed by atoms with Gasteiger partial charge in [0, 0.05) is 33.5 Å². The van der Waals surface area contributed by atoms with E-state index in [1.54, 1.807) is 32.3 Å². The molecule has 126 valence electrons. The lowest BCUT2D eigenvalue weighted by atomic mass is 10.1. The van der Waals surface area contributed by atoms with Gasteiger partial charge in [0.2, 0.25) is 0 Å². The highest BCUT2D eigenvalue weighted by molar-refractivity contribution is 9.10. The molecule has 0 saturated heterocycles. The minimum Gasteiger partial charge on any atom is -0.480 e. The number of nitriles is 1. The molecule has 0 aliphatic rings. The number of hydrogen-bond donors (Lipinski definition) is 1. The van der Waals surface area contributed by atoms with Crippen molar-refractivity contribution in [2.75, 3.05) is 0 Å². The first kappa shape index (κ1) is 17.5. The predicted molar refractivity (Wildman–Crippen MR) is 101 cm³/mol. The molecule has 0 atom stereocenters. The number of rotatable bonds is 4. The van der Waals surface area contributed by atoms with Crippen molar-refractivity contribution in [3.8, 4) is 17.3 Å². The molecule has 5 nitrogen and oxygen atoms in total. The zero-order valence-corrected chi connectivity index (χ0v) is 15.9. The Balaban J connectivity index is 2.21. The van der Waals surface area contributed by atoms with Crippen LogP contribution in [0.25, 0.3) is 16.8 Å². The van der Waals surface area contributed by atoms with Crippen molar-refractivity contribution in [3.05, 3.63) is 52.9 Å². The number of aliphatic carboxylic acids is 1. The van der Waals surface area contributed by atoms with Gasteiger partial charge in [-0.25, -0.2) is 0 Å². The van der Waals surface area contributed by atoms with Crippen molar-refractivity contribution in [3.63, 3.8) is 0 Å². The quantitative estimate of drug-likeness (QED) is 0.630. The van der Waals surface area contributed by atoms with Crippen molar-refractivity contribution in [1.82, 2.24) is 9.38 Å². The van der Waals surface area contributed by atoms with Gasteiger partial charge in [-0.1, -0.05) is 0 Å². The number of halogens is 1. The highest BCUT2D eigenvalue weighted by Gasteiger charge is 2.29. The molecule has 1 N–H and O–H groups in total. The molecule has 0 saturated carbocycles. The Morgan fingerprint density at radius 3 is 2.84 bits per heavy atom. The number of aromatic nitrogens is 2. The minimum absolute atomic E-state index is 0.568. The molecule has 3 aromatic heterocycles. The minimum atomic E-state index is -0.973. The smallest absolute Gasteiger partial charge is 0.319 e. The normalized spacial score (nSPS) is 11.4. The van der Waals surface area contributed by atoms with E-state index < -0.39 is 10.7 Å². The number of carboxylic acids is 1. The molecule has 0 radical (unpaired) electrons. The Morgan fingerprint density at radius 2 is 2.16 bits per heavy atom. The second-order valence-electron chi connectivity index (χ2n) is 5.95. The summed E-state index contributed by atoms with van der Waals surface area (Å²) in [6, 6.07) is 9.50. The molecule has 0 unspecified atom stereocenters. The second kappa shape index (κ2) is 6.54. The lowest BCUT2D eigenvalue weighted by Gasteiger charge is -2.20. The molecule has 0 bridgehead atoms. The topological polar surface area (TPSA) is 78.4 Å². The number of thioether (sulfide) groups is 1. The Labute approximate surface area is 157 Å². The van der Waals surface area contributed by atoms with Gasteiger partial charge in [-0.2, -0.15) is 5.26 Å². The maximum absolute atomic E-state index is 11.5. The first-order valence-corrected chi connectivity index (χ1v) is 9.02. The van der Waals surface area contributed by atoms with Gasteiger partial charge in [0.05, 0.1) is 16.8 Å². The summed E-state index contributed by atoms with van der Waals surface area (Å²) >= 11 is 4.72. The monoisotopic (exact) mass is 415 g/mol. The summed E-state index contributed by atoms with van der Waals surface area (Å²) in [5.41, 5.74) is 3.01. The predicted octanol–water partition coefficient (Wildman–Crippen LogP) is 4.59. The molecular weight excluding hydrogens is 402 g/mol. The average molecular weight is 416 g/mol. The molecule has 3 rings (SSSR count). The number of nitrogens with zero attached hydrogens (tertiary/aromatic N) is 3. The van der Waals surface area contributed by atoms with Crippen molar-refractivity contribution in [1.29, 1.82) is 5.26 Å². The molecular formula is C18H14BrN3O2S. The van der Waals surface area contributed by atoms with E-state index in [4.69, 9.17) is 0 Å². The Hall–Kier alpha value is -2.30. The van der Waals surface area contributed by atoms with Crippen molar-refractivity contribution < 1.29 is 9.90 Å². The lowest BCUT2D eigenvalue weighted by Crippen LogP contribution is -2.27. The highest BCUT2D eigenvalue weighted by Crippen LogP contribution is 2.39. The molecule has 0 aromatic carbocycles. The van der Waals surface area contributed by atoms with Crippen LogP contribution in [0, 0.1) is 11.3 Å². The van der Waals surface area contributed by atoms with E-state index in [0.717, 1.165) is 26.1 Å². The van der Waals surface area contributed by atoms with Crippen LogP contribution in [-0.4, -0.2) is 25.2 Å². The number of hydrogen-bond acceptors (Lipinski definition) is 4. The third-order valence-corrected chi connectivity index (χ3v) is 5.48. The van der Waals surface area contributed by atoms with Gasteiger partial charge in [-0.05, 0) is 54.0 Å². The van der Waals surface area contributed by atoms with E-state index in [2.05, 4.69) is 27.0 Å². The van der Waals surface area contributed by atoms with Gasteiger partial charge >= 0.3 is 5.97 Å². The van der Waals surface area contributed by atoms with Crippen LogP contribution in [0.3, 0.4) is 0 Å². The number of pyridine rings is 2. The molecule has 0 fully saturated rings. The van der Waals surface area contributed by atoms with Gasteiger partial charge < -0.3 is 9.51 Å². The van der Waals surface area contributed by atoms with Crippen molar-refractivity contribution >= 4 is 39.2 Å². The summed E-state index contributed by atoms with van der Waals surface area (Å²) < 4.78 is 1.80. The van der Waals surface area contributed by atoms with Gasteiger partial charge in [0.1, 0.15) is 10.8 Å². The van der Waals surface area contributed by atoms with E-state index in [0.29, 0.717) is 5.56 Å². The van der Waals surface area contributed by atoms with Crippen LogP contribution in [0.15, 0.2) is 52.2 Å². The molecule has 3 heterocycles. The summed E-state index contributed by atoms with van der Waals surface area (Å²) in [5, 5.41) is 18.7. The van der Waals surface area contributed by atoms with E-state index in [1.165, 1.54) is 11.8 Å². The van der Waals surface area contributed by atoms with Gasteiger partial charge in [0.15, 0.2) is 0 Å². The Kier molecular flexibility index (Phi) is 4.58. The molecule has 0 aliphatic carbocycles. The van der Waals surface area contributed by atoms with Crippen LogP contribution < -0.4 is 0 Å². The van der Waals surface area contributed by atoms with Crippen LogP contribution in [0.2, 0.25) is 0 Å². The van der Waals surface area contributed by atoms with Gasteiger partial charge in [-0.3, -0.25) is 9.78 Å². The number of carboxylic acid groups (broad SMARTS) is 1. The van der Waals surface area contributed by atoms with E-state index in [1.807, 2.05) is 28.8 Å². The molecule has 0 amide bonds. The van der Waals surface area contributed by atoms with E-state index in [9.17, 15) is 15.2 Å². The fourth-order valence-corrected chi connectivity index (χ4v) is 3.92. The largest absolute Gasteiger partial charge is 0.480 e. The lowest BCUT2D eigenvalue weighted by molar-refractivity contribution is -0.138. The van der Waals surface area contributed by atoms with Crippen LogP contribution in [0.1, 0.15) is 19.4 Å². The van der Waals surface area contributed by atoms with Crippen LogP contribution in [-0.2, 0) is 4.79 Å². The molecule has 0 spiro atoms. The van der Waals surface area contributed by atoms with Crippen LogP contribution >= 0.6 is 27.7 Å². The fraction of sp³-hybridized carbons (Fsp3) is 0.167. The van der Waals surface area contributed by atoms with Crippen LogP contribution in [0.5, 0.6) is 0 Å². The Morgan fingerprint density at radius 1 is 1.40 bits per heavy atom. The molecule has 7 heteroatoms. The number of carbonyl (C=O) groups is 1. The van der Waals surface area contributed by atoms with Crippen molar-refractivity contribution in [2.24, 2.45) is 0 Å². The van der Waals surface area contributed by atoms with Gasteiger partial charge in [0.25, 0.3) is 0 Å².